The number of carboxylic acids is 1. The van der Waals surface area contributed by atoms with Crippen molar-refractivity contribution in [1.82, 2.24) is 9.78 Å². The summed E-state index contributed by atoms with van der Waals surface area (Å²) in [4.78, 5) is 27.1. The average molecular weight is 461 g/mol. The van der Waals surface area contributed by atoms with Crippen LogP contribution in [0, 0.1) is 23.2 Å². The van der Waals surface area contributed by atoms with Crippen molar-refractivity contribution in [2.75, 3.05) is 4.90 Å². The Balaban J connectivity index is 1.66. The highest BCUT2D eigenvalue weighted by Crippen LogP contribution is 2.33. The molecular weight excluding hydrogens is 432 g/mol. The van der Waals surface area contributed by atoms with Gasteiger partial charge in [-0.1, -0.05) is 6.92 Å². The van der Waals surface area contributed by atoms with Crippen LogP contribution in [0.3, 0.4) is 0 Å². The van der Waals surface area contributed by atoms with Crippen LogP contribution in [0.1, 0.15) is 62.6 Å². The molecule has 1 aromatic carbocycles. The molecule has 8 nitrogen and oxygen atoms in total. The van der Waals surface area contributed by atoms with Crippen LogP contribution in [0.5, 0.6) is 0 Å². The summed E-state index contributed by atoms with van der Waals surface area (Å²) < 4.78 is 6.95. The molecule has 4 rings (SSSR count). The molecule has 0 atom stereocenters. The number of carbonyl (C=O) groups is 2. The predicted octanol–water partition coefficient (Wildman–Crippen LogP) is 5.27. The summed E-state index contributed by atoms with van der Waals surface area (Å²) in [5.74, 6) is 0.267. The molecule has 0 spiro atoms. The third kappa shape index (κ3) is 4.60. The zero-order valence-electron chi connectivity index (χ0n) is 19.6. The first-order valence-electron chi connectivity index (χ1n) is 11.5. The number of aromatic carboxylic acids is 1. The number of anilines is 1. The Morgan fingerprint density at radius 2 is 1.82 bits per heavy atom. The van der Waals surface area contributed by atoms with E-state index < -0.39 is 5.97 Å². The van der Waals surface area contributed by atoms with Crippen LogP contribution in [0.4, 0.5) is 5.82 Å². The number of benzene rings is 1. The Morgan fingerprint density at radius 3 is 2.38 bits per heavy atom. The van der Waals surface area contributed by atoms with E-state index >= 15 is 0 Å². The Hall–Kier alpha value is -3.86. The van der Waals surface area contributed by atoms with E-state index in [0.29, 0.717) is 17.4 Å². The molecule has 0 aliphatic heterocycles. The van der Waals surface area contributed by atoms with Gasteiger partial charge in [0.1, 0.15) is 17.4 Å². The number of carboxylic acid groups (broad SMARTS) is 1. The summed E-state index contributed by atoms with van der Waals surface area (Å²) in [5, 5.41) is 23.4. The van der Waals surface area contributed by atoms with Crippen molar-refractivity contribution in [2.24, 2.45) is 11.8 Å². The predicted molar refractivity (Wildman–Crippen MR) is 127 cm³/mol. The number of hydrogen-bond acceptors (Lipinski definition) is 5. The molecule has 176 valence electrons. The van der Waals surface area contributed by atoms with Gasteiger partial charge in [-0.15, -0.1) is 5.10 Å². The third-order valence-corrected chi connectivity index (χ3v) is 6.40. The van der Waals surface area contributed by atoms with E-state index in [2.05, 4.69) is 12.0 Å². The van der Waals surface area contributed by atoms with E-state index in [4.69, 9.17) is 9.68 Å². The minimum atomic E-state index is -1.13. The van der Waals surface area contributed by atoms with Gasteiger partial charge in [-0.05, 0) is 81.8 Å². The van der Waals surface area contributed by atoms with E-state index in [1.807, 2.05) is 32.0 Å². The molecule has 8 heteroatoms. The Morgan fingerprint density at radius 1 is 1.15 bits per heavy atom. The summed E-state index contributed by atoms with van der Waals surface area (Å²) >= 11 is 0. The first-order valence-corrected chi connectivity index (χ1v) is 11.5. The van der Waals surface area contributed by atoms with Gasteiger partial charge in [-0.25, -0.2) is 9.48 Å². The molecule has 0 saturated heterocycles. The van der Waals surface area contributed by atoms with E-state index in [1.54, 1.807) is 29.2 Å². The first-order chi connectivity index (χ1) is 16.3. The molecule has 2 aromatic heterocycles. The minimum absolute atomic E-state index is 0.0139. The molecule has 1 saturated carbocycles. The van der Waals surface area contributed by atoms with Crippen LogP contribution in [-0.4, -0.2) is 32.8 Å². The quantitative estimate of drug-likeness (QED) is 0.536. The highest BCUT2D eigenvalue weighted by molar-refractivity contribution is 6.01. The second-order valence-corrected chi connectivity index (χ2v) is 9.20. The molecule has 2 heterocycles. The summed E-state index contributed by atoms with van der Waals surface area (Å²) in [6, 6.07) is 12.3. The Kier molecular flexibility index (Phi) is 6.55. The monoisotopic (exact) mass is 460 g/mol. The second-order valence-electron chi connectivity index (χ2n) is 9.20. The molecule has 1 fully saturated rings. The highest BCUT2D eigenvalue weighted by atomic mass is 16.4. The van der Waals surface area contributed by atoms with Crippen LogP contribution < -0.4 is 4.90 Å². The fourth-order valence-electron chi connectivity index (χ4n) is 4.46. The maximum atomic E-state index is 13.4. The molecule has 1 amide bonds. The number of furan rings is 1. The van der Waals surface area contributed by atoms with Gasteiger partial charge >= 0.3 is 5.97 Å². The molecule has 1 aliphatic rings. The normalized spacial score (nSPS) is 18.0. The SMILES string of the molecule is CC1CCC(C(=O)N(c2nn(-c3ccc(-c4ccc(C#N)o4)cc3)cc2C(=O)O)C(C)C)CC1. The molecule has 1 aliphatic carbocycles. The van der Waals surface area contributed by atoms with Crippen LogP contribution in [0.2, 0.25) is 0 Å². The van der Waals surface area contributed by atoms with E-state index in [1.165, 1.54) is 10.9 Å². The van der Waals surface area contributed by atoms with Crippen LogP contribution in [-0.2, 0) is 4.79 Å². The summed E-state index contributed by atoms with van der Waals surface area (Å²) in [6.45, 7) is 5.95. The van der Waals surface area contributed by atoms with Crippen molar-refractivity contribution in [3.63, 3.8) is 0 Å². The van der Waals surface area contributed by atoms with Crippen LogP contribution in [0.25, 0.3) is 17.0 Å². The molecule has 34 heavy (non-hydrogen) atoms. The van der Waals surface area contributed by atoms with Crippen molar-refractivity contribution >= 4 is 17.7 Å². The lowest BCUT2D eigenvalue weighted by atomic mass is 9.82. The number of aromatic nitrogens is 2. The maximum Gasteiger partial charge on any atom is 0.341 e. The zero-order chi connectivity index (χ0) is 24.4. The van der Waals surface area contributed by atoms with Gasteiger partial charge in [-0.2, -0.15) is 5.26 Å². The highest BCUT2D eigenvalue weighted by Gasteiger charge is 2.34. The average Bonchev–Trinajstić information content (AvgIpc) is 3.47. The van der Waals surface area contributed by atoms with Gasteiger partial charge in [0.05, 0.1) is 5.69 Å². The van der Waals surface area contributed by atoms with Gasteiger partial charge in [0, 0.05) is 23.7 Å². The number of rotatable bonds is 6. The van der Waals surface area contributed by atoms with Gasteiger partial charge in [0.25, 0.3) is 0 Å². The van der Waals surface area contributed by atoms with Crippen molar-refractivity contribution in [3.8, 4) is 23.1 Å². The smallest absolute Gasteiger partial charge is 0.341 e. The van der Waals surface area contributed by atoms with Gasteiger partial charge < -0.3 is 9.52 Å². The molecule has 0 bridgehead atoms. The standard InChI is InChI=1S/C26H28N4O4/c1-16(2)30(25(31)19-6-4-17(3)5-7-19)24-22(26(32)33)15-29(28-24)20-10-8-18(9-11-20)23-13-12-21(14-27)34-23/h8-13,15-17,19H,4-7H2,1-3H3,(H,32,33). The van der Waals surface area contributed by atoms with Gasteiger partial charge in [0.15, 0.2) is 5.82 Å². The van der Waals surface area contributed by atoms with Crippen molar-refractivity contribution < 1.29 is 19.1 Å². The molecule has 0 radical (unpaired) electrons. The topological polar surface area (TPSA) is 112 Å². The first kappa shape index (κ1) is 23.3. The van der Waals surface area contributed by atoms with Crippen molar-refractivity contribution in [2.45, 2.75) is 52.5 Å². The Labute approximate surface area is 198 Å². The molecule has 1 N–H and O–H groups in total. The lowest BCUT2D eigenvalue weighted by molar-refractivity contribution is -0.124. The van der Waals surface area contributed by atoms with E-state index in [-0.39, 0.29) is 35.0 Å². The van der Waals surface area contributed by atoms with Crippen LogP contribution >= 0.6 is 0 Å². The number of nitriles is 1. The summed E-state index contributed by atoms with van der Waals surface area (Å²) in [5.41, 5.74) is 1.41. The van der Waals surface area contributed by atoms with Crippen LogP contribution in [0.15, 0.2) is 47.0 Å². The lowest BCUT2D eigenvalue weighted by Gasteiger charge is -2.32. The van der Waals surface area contributed by atoms with Crippen molar-refractivity contribution in [1.29, 1.82) is 5.26 Å². The van der Waals surface area contributed by atoms with Gasteiger partial charge in [-0.3, -0.25) is 9.69 Å². The van der Waals surface area contributed by atoms with E-state index in [9.17, 15) is 14.7 Å². The largest absolute Gasteiger partial charge is 0.477 e. The second kappa shape index (κ2) is 9.56. The molecular formula is C26H28N4O4. The zero-order valence-corrected chi connectivity index (χ0v) is 19.6. The molecule has 0 unspecified atom stereocenters. The Bertz CT molecular complexity index is 1220. The van der Waals surface area contributed by atoms with Crippen molar-refractivity contribution in [3.05, 3.63) is 53.9 Å². The number of nitrogens with zero attached hydrogens (tertiary/aromatic N) is 4. The van der Waals surface area contributed by atoms with E-state index in [0.717, 1.165) is 31.2 Å². The third-order valence-electron chi connectivity index (χ3n) is 6.40. The van der Waals surface area contributed by atoms with Gasteiger partial charge in [0.2, 0.25) is 11.7 Å². The number of hydrogen-bond donors (Lipinski definition) is 1. The molecule has 3 aromatic rings. The summed E-state index contributed by atoms with van der Waals surface area (Å²) in [6.07, 6.45) is 5.07. The number of carbonyl (C=O) groups excluding carboxylic acids is 1. The maximum absolute atomic E-state index is 13.4. The summed E-state index contributed by atoms with van der Waals surface area (Å²) in [7, 11) is 0. The fraction of sp³-hybridized carbons (Fsp3) is 0.385. The fourth-order valence-corrected chi connectivity index (χ4v) is 4.46. The lowest BCUT2D eigenvalue weighted by Crippen LogP contribution is -2.43. The number of amides is 1. The minimum Gasteiger partial charge on any atom is -0.477 e.